The lowest BCUT2D eigenvalue weighted by atomic mass is 9.94. The third-order valence-corrected chi connectivity index (χ3v) is 10.9. The first-order chi connectivity index (χ1) is 24.9. The summed E-state index contributed by atoms with van der Waals surface area (Å²) in [7, 11) is 4.34. The molecule has 0 radical (unpaired) electrons. The smallest absolute Gasteiger partial charge is 0.330 e. The second-order valence-electron chi connectivity index (χ2n) is 13.4. The van der Waals surface area contributed by atoms with E-state index < -0.39 is 29.3 Å². The highest BCUT2D eigenvalue weighted by Crippen LogP contribution is 2.45. The van der Waals surface area contributed by atoms with E-state index in [1.807, 2.05) is 31.2 Å². The van der Waals surface area contributed by atoms with Gasteiger partial charge in [-0.2, -0.15) is 0 Å². The molecule has 0 saturated carbocycles. The summed E-state index contributed by atoms with van der Waals surface area (Å²) in [6.45, 7) is 3.25. The summed E-state index contributed by atoms with van der Waals surface area (Å²) in [5, 5.41) is 13.0. The standard InChI is InChI=1S/C38H37ClF2N6O5/c1-19-22(7-6-10-25(19)42-34-31-29(18-27(43-34)33(40)41)45(2)38(51)46(3)36(31)48)23-8-5-9-24(32(23)39)26-17-21-11-12-28(30(21)35(44-26)52-4)47-15-13-20(14-16-47)37(49)50/h5-10,17-18,20,28,33H,11-16H2,1-4H3,(H,42,43)(H,49,50). The first kappa shape index (κ1) is 35.3. The number of nitrogens with one attached hydrogen (secondary N) is 1. The molecule has 0 amide bonds. The fourth-order valence-electron chi connectivity index (χ4n) is 7.64. The van der Waals surface area contributed by atoms with Crippen LogP contribution in [0.2, 0.25) is 5.02 Å². The minimum Gasteiger partial charge on any atom is -0.481 e. The topological polar surface area (TPSA) is 132 Å². The molecule has 7 rings (SSSR count). The van der Waals surface area contributed by atoms with E-state index in [4.69, 9.17) is 21.3 Å². The molecule has 1 atom stereocenters. The van der Waals surface area contributed by atoms with Gasteiger partial charge in [0.2, 0.25) is 5.88 Å². The molecule has 1 aliphatic carbocycles. The number of methoxy groups -OCH3 is 1. The number of likely N-dealkylation sites (tertiary alicyclic amines) is 1. The lowest BCUT2D eigenvalue weighted by molar-refractivity contribution is -0.143. The van der Waals surface area contributed by atoms with Gasteiger partial charge in [0.05, 0.1) is 29.3 Å². The van der Waals surface area contributed by atoms with Crippen LogP contribution in [0.25, 0.3) is 33.3 Å². The number of hydrogen-bond donors (Lipinski definition) is 2. The van der Waals surface area contributed by atoms with Gasteiger partial charge in [0.1, 0.15) is 16.9 Å². The zero-order valence-electron chi connectivity index (χ0n) is 29.0. The van der Waals surface area contributed by atoms with E-state index in [9.17, 15) is 28.3 Å². The monoisotopic (exact) mass is 730 g/mol. The molecular weight excluding hydrogens is 694 g/mol. The van der Waals surface area contributed by atoms with Crippen molar-refractivity contribution in [3.8, 4) is 28.3 Å². The van der Waals surface area contributed by atoms with Crippen LogP contribution in [-0.2, 0) is 25.3 Å². The average Bonchev–Trinajstić information content (AvgIpc) is 3.57. The molecular formula is C38H37ClF2N6O5. The van der Waals surface area contributed by atoms with Gasteiger partial charge in [0.25, 0.3) is 12.0 Å². The van der Waals surface area contributed by atoms with Crippen molar-refractivity contribution in [3.05, 3.63) is 96.8 Å². The number of piperidine rings is 1. The van der Waals surface area contributed by atoms with Gasteiger partial charge in [-0.15, -0.1) is 0 Å². The number of anilines is 2. The fourth-order valence-corrected chi connectivity index (χ4v) is 7.96. The quantitative estimate of drug-likeness (QED) is 0.177. The van der Waals surface area contributed by atoms with E-state index in [2.05, 4.69) is 21.3 Å². The summed E-state index contributed by atoms with van der Waals surface area (Å²) in [5.74, 6) is -0.622. The van der Waals surface area contributed by atoms with E-state index >= 15 is 0 Å². The molecule has 11 nitrogen and oxygen atoms in total. The summed E-state index contributed by atoms with van der Waals surface area (Å²) in [4.78, 5) is 48.8. The van der Waals surface area contributed by atoms with Crippen molar-refractivity contribution in [3.63, 3.8) is 0 Å². The van der Waals surface area contributed by atoms with Crippen molar-refractivity contribution in [2.45, 2.75) is 45.1 Å². The Labute approximate surface area is 302 Å². The number of nitrogens with zero attached hydrogens (tertiary/aromatic N) is 5. The molecule has 0 spiro atoms. The third-order valence-electron chi connectivity index (χ3n) is 10.5. The lowest BCUT2D eigenvalue weighted by Crippen LogP contribution is -2.38. The van der Waals surface area contributed by atoms with Gasteiger partial charge >= 0.3 is 11.7 Å². The van der Waals surface area contributed by atoms with Crippen LogP contribution in [0.1, 0.15) is 54.1 Å². The number of carbonyl (C=O) groups is 1. The van der Waals surface area contributed by atoms with Gasteiger partial charge < -0.3 is 15.2 Å². The summed E-state index contributed by atoms with van der Waals surface area (Å²) < 4.78 is 35.8. The summed E-state index contributed by atoms with van der Waals surface area (Å²) in [6, 6.07) is 14.3. The molecule has 0 bridgehead atoms. The minimum absolute atomic E-state index is 0.00226. The number of ether oxygens (including phenoxy) is 1. The molecule has 2 aromatic carbocycles. The van der Waals surface area contributed by atoms with Crippen molar-refractivity contribution in [1.82, 2.24) is 24.0 Å². The SMILES string of the molecule is COc1nc(-c2cccc(-c3cccc(Nc4nc(C(F)F)cc5c4c(=O)n(C)c(=O)n5C)c3C)c2Cl)cc2c1C(N1CCC(C(=O)O)CC1)CC2. The molecule has 2 aliphatic rings. The van der Waals surface area contributed by atoms with Crippen LogP contribution in [0.4, 0.5) is 20.3 Å². The van der Waals surface area contributed by atoms with E-state index in [1.165, 1.54) is 14.1 Å². The molecule has 14 heteroatoms. The number of aromatic nitrogens is 4. The number of fused-ring (bicyclic) bond motifs is 2. The maximum absolute atomic E-state index is 14.0. The Morgan fingerprint density at radius 2 is 1.69 bits per heavy atom. The number of alkyl halides is 2. The van der Waals surface area contributed by atoms with Crippen LogP contribution in [0, 0.1) is 12.8 Å². The van der Waals surface area contributed by atoms with Crippen molar-refractivity contribution in [2.75, 3.05) is 25.5 Å². The van der Waals surface area contributed by atoms with E-state index in [0.717, 1.165) is 50.3 Å². The summed E-state index contributed by atoms with van der Waals surface area (Å²) in [6.07, 6.45) is -0.00761. The second-order valence-corrected chi connectivity index (χ2v) is 13.7. The number of carboxylic acid groups (broad SMARTS) is 1. The number of carboxylic acids is 1. The maximum Gasteiger partial charge on any atom is 0.330 e. The number of pyridine rings is 2. The first-order valence-electron chi connectivity index (χ1n) is 17.0. The Bertz CT molecular complexity index is 2370. The molecule has 4 heterocycles. The molecule has 1 aliphatic heterocycles. The number of halogens is 3. The number of rotatable bonds is 8. The Hall–Kier alpha value is -5.14. The highest BCUT2D eigenvalue weighted by atomic mass is 35.5. The Morgan fingerprint density at radius 3 is 2.38 bits per heavy atom. The van der Waals surface area contributed by atoms with Crippen molar-refractivity contribution in [1.29, 1.82) is 0 Å². The van der Waals surface area contributed by atoms with Crippen molar-refractivity contribution >= 4 is 40.0 Å². The highest BCUT2D eigenvalue weighted by Gasteiger charge is 2.36. The number of aryl methyl sites for hydroxylation is 2. The first-order valence-corrected chi connectivity index (χ1v) is 17.4. The average molecular weight is 731 g/mol. The Morgan fingerprint density at radius 1 is 1.00 bits per heavy atom. The molecule has 52 heavy (non-hydrogen) atoms. The van der Waals surface area contributed by atoms with E-state index in [1.54, 1.807) is 19.2 Å². The van der Waals surface area contributed by atoms with Gasteiger partial charge in [-0.05, 0) is 80.6 Å². The van der Waals surface area contributed by atoms with Crippen LogP contribution in [-0.4, -0.2) is 55.3 Å². The largest absolute Gasteiger partial charge is 0.481 e. The maximum atomic E-state index is 14.0. The van der Waals surface area contributed by atoms with Crippen molar-refractivity contribution < 1.29 is 23.4 Å². The zero-order valence-corrected chi connectivity index (χ0v) is 29.8. The second kappa shape index (κ2) is 13.8. The number of aliphatic carboxylic acids is 1. The van der Waals surface area contributed by atoms with Gasteiger partial charge in [-0.25, -0.2) is 23.5 Å². The molecule has 3 aromatic heterocycles. The Balaban J connectivity index is 1.25. The predicted molar refractivity (Wildman–Crippen MR) is 195 cm³/mol. The molecule has 1 fully saturated rings. The van der Waals surface area contributed by atoms with Gasteiger partial charge in [0, 0.05) is 42.5 Å². The number of benzene rings is 2. The van der Waals surface area contributed by atoms with E-state index in [0.29, 0.717) is 59.3 Å². The fraction of sp³-hybridized carbons (Fsp3) is 0.342. The van der Waals surface area contributed by atoms with Gasteiger partial charge in [-0.1, -0.05) is 41.9 Å². The van der Waals surface area contributed by atoms with Crippen LogP contribution in [0.15, 0.2) is 58.1 Å². The third kappa shape index (κ3) is 6.01. The highest BCUT2D eigenvalue weighted by molar-refractivity contribution is 6.36. The zero-order chi connectivity index (χ0) is 37.0. The van der Waals surface area contributed by atoms with Crippen molar-refractivity contribution in [2.24, 2.45) is 20.0 Å². The summed E-state index contributed by atoms with van der Waals surface area (Å²) >= 11 is 7.17. The van der Waals surface area contributed by atoms with E-state index in [-0.39, 0.29) is 28.7 Å². The lowest BCUT2D eigenvalue weighted by Gasteiger charge is -2.35. The van der Waals surface area contributed by atoms with Crippen LogP contribution in [0.3, 0.4) is 0 Å². The summed E-state index contributed by atoms with van der Waals surface area (Å²) in [5.41, 5.74) is 4.35. The van der Waals surface area contributed by atoms with Gasteiger partial charge in [-0.3, -0.25) is 23.6 Å². The predicted octanol–water partition coefficient (Wildman–Crippen LogP) is 6.80. The van der Waals surface area contributed by atoms with Crippen LogP contribution < -0.4 is 21.3 Å². The van der Waals surface area contributed by atoms with Crippen LogP contribution in [0.5, 0.6) is 5.88 Å². The molecule has 270 valence electrons. The van der Waals surface area contributed by atoms with Crippen LogP contribution >= 0.6 is 11.6 Å². The normalized spacial score (nSPS) is 16.4. The Kier molecular flexibility index (Phi) is 9.34. The molecule has 5 aromatic rings. The number of hydrogen-bond acceptors (Lipinski definition) is 8. The molecule has 1 unspecified atom stereocenters. The molecule has 1 saturated heterocycles. The minimum atomic E-state index is -2.94. The molecule has 2 N–H and O–H groups in total. The van der Waals surface area contributed by atoms with Gasteiger partial charge in [0.15, 0.2) is 0 Å².